The molecule has 0 heterocycles. The summed E-state index contributed by atoms with van der Waals surface area (Å²) in [5, 5.41) is 0. The molecule has 0 aromatic rings. The van der Waals surface area contributed by atoms with E-state index in [9.17, 15) is 0 Å². The molecule has 76 valence electrons. The number of unbranched alkanes of at least 4 members (excludes halogenated alkanes) is 4. The largest absolute Gasteiger partial charge is 0.103 e. The molecule has 0 aliphatic rings. The fourth-order valence-electron chi connectivity index (χ4n) is 1.50. The van der Waals surface area contributed by atoms with Gasteiger partial charge in [-0.15, -0.1) is 6.58 Å². The maximum Gasteiger partial charge on any atom is -0.0323 e. The van der Waals surface area contributed by atoms with E-state index in [0.29, 0.717) is 0 Å². The van der Waals surface area contributed by atoms with Gasteiger partial charge < -0.3 is 0 Å². The van der Waals surface area contributed by atoms with Crippen molar-refractivity contribution in [2.45, 2.75) is 58.3 Å². The molecule has 0 spiro atoms. The number of allylic oxidation sites excluding steroid dienone is 2. The smallest absolute Gasteiger partial charge is 0.0323 e. The molecule has 0 atom stereocenters. The van der Waals surface area contributed by atoms with Crippen molar-refractivity contribution in [1.29, 1.82) is 0 Å². The number of hydrogen-bond donors (Lipinski definition) is 0. The van der Waals surface area contributed by atoms with Crippen molar-refractivity contribution < 1.29 is 0 Å². The summed E-state index contributed by atoms with van der Waals surface area (Å²) in [5.41, 5.74) is 1.44. The molecule has 0 aliphatic carbocycles. The van der Waals surface area contributed by atoms with Gasteiger partial charge in [-0.2, -0.15) is 0 Å². The Morgan fingerprint density at radius 1 is 1.08 bits per heavy atom. The van der Waals surface area contributed by atoms with Crippen LogP contribution in [0.25, 0.3) is 0 Å². The summed E-state index contributed by atoms with van der Waals surface area (Å²) in [6.45, 7) is 10.00. The predicted octanol–water partition coefficient (Wildman–Crippen LogP) is 4.87. The topological polar surface area (TPSA) is 0 Å². The van der Waals surface area contributed by atoms with E-state index in [1.54, 1.807) is 0 Å². The quantitative estimate of drug-likeness (QED) is 0.351. The third kappa shape index (κ3) is 9.39. The van der Waals surface area contributed by atoms with Crippen LogP contribution in [-0.4, -0.2) is 0 Å². The van der Waals surface area contributed by atoms with Crippen molar-refractivity contribution in [3.05, 3.63) is 24.8 Å². The standard InChI is InChI=1S/C13H24/c1-4-6-7-8-9-10-12-13(3)11-5-2/h4H,1,3,5-12H2,2H3. The normalized spacial score (nSPS) is 9.92. The zero-order valence-electron chi connectivity index (χ0n) is 9.15. The Kier molecular flexibility index (Phi) is 9.18. The minimum atomic E-state index is 1.18. The lowest BCUT2D eigenvalue weighted by molar-refractivity contribution is 0.636. The van der Waals surface area contributed by atoms with Crippen LogP contribution in [0.1, 0.15) is 58.3 Å². The van der Waals surface area contributed by atoms with Gasteiger partial charge in [0.1, 0.15) is 0 Å². The molecule has 0 saturated carbocycles. The van der Waals surface area contributed by atoms with E-state index < -0.39 is 0 Å². The summed E-state index contributed by atoms with van der Waals surface area (Å²) in [5.74, 6) is 0. The molecule has 0 rings (SSSR count). The first-order valence-electron chi connectivity index (χ1n) is 5.58. The van der Waals surface area contributed by atoms with Gasteiger partial charge in [-0.05, 0) is 32.1 Å². The maximum atomic E-state index is 4.06. The van der Waals surface area contributed by atoms with Crippen LogP contribution in [-0.2, 0) is 0 Å². The van der Waals surface area contributed by atoms with Gasteiger partial charge in [0.25, 0.3) is 0 Å². The fourth-order valence-corrected chi connectivity index (χ4v) is 1.50. The molecule has 13 heavy (non-hydrogen) atoms. The Morgan fingerprint density at radius 3 is 2.38 bits per heavy atom. The van der Waals surface area contributed by atoms with Gasteiger partial charge in [0, 0.05) is 0 Å². The van der Waals surface area contributed by atoms with E-state index in [4.69, 9.17) is 0 Å². The maximum absolute atomic E-state index is 4.06. The van der Waals surface area contributed by atoms with Gasteiger partial charge in [-0.3, -0.25) is 0 Å². The van der Waals surface area contributed by atoms with E-state index in [0.717, 1.165) is 0 Å². The zero-order chi connectivity index (χ0) is 9.94. The second-order valence-electron chi connectivity index (χ2n) is 3.74. The molecular formula is C13H24. The molecule has 0 bridgehead atoms. The highest BCUT2D eigenvalue weighted by Crippen LogP contribution is 2.13. The Morgan fingerprint density at radius 2 is 1.77 bits per heavy atom. The van der Waals surface area contributed by atoms with Gasteiger partial charge in [0.15, 0.2) is 0 Å². The van der Waals surface area contributed by atoms with Crippen molar-refractivity contribution in [1.82, 2.24) is 0 Å². The lowest BCUT2D eigenvalue weighted by atomic mass is 10.0. The van der Waals surface area contributed by atoms with Crippen LogP contribution in [0, 0.1) is 0 Å². The van der Waals surface area contributed by atoms with Crippen molar-refractivity contribution in [3.8, 4) is 0 Å². The van der Waals surface area contributed by atoms with Gasteiger partial charge >= 0.3 is 0 Å². The molecule has 0 radical (unpaired) electrons. The molecule has 0 fully saturated rings. The molecule has 0 saturated heterocycles. The number of rotatable bonds is 9. The lowest BCUT2D eigenvalue weighted by Crippen LogP contribution is -1.83. The summed E-state index contributed by atoms with van der Waals surface area (Å²) >= 11 is 0. The Balaban J connectivity index is 3.06. The Bertz CT molecular complexity index is 133. The summed E-state index contributed by atoms with van der Waals surface area (Å²) in [6, 6.07) is 0. The first-order chi connectivity index (χ1) is 6.31. The van der Waals surface area contributed by atoms with Crippen molar-refractivity contribution in [2.75, 3.05) is 0 Å². The van der Waals surface area contributed by atoms with Crippen LogP contribution in [0.3, 0.4) is 0 Å². The molecule has 0 unspecified atom stereocenters. The summed E-state index contributed by atoms with van der Waals surface area (Å²) in [4.78, 5) is 0. The summed E-state index contributed by atoms with van der Waals surface area (Å²) in [6.07, 6.45) is 12.2. The first kappa shape index (κ1) is 12.5. The van der Waals surface area contributed by atoms with Crippen LogP contribution in [0.2, 0.25) is 0 Å². The minimum absolute atomic E-state index is 1.18. The highest BCUT2D eigenvalue weighted by molar-refractivity contribution is 4.92. The minimum Gasteiger partial charge on any atom is -0.103 e. The molecule has 0 aliphatic heterocycles. The Labute approximate surface area is 83.7 Å². The summed E-state index contributed by atoms with van der Waals surface area (Å²) < 4.78 is 0. The SMILES string of the molecule is C=CCCCCCCC(=C)CCC. The molecule has 0 aromatic carbocycles. The van der Waals surface area contributed by atoms with Crippen LogP contribution in [0.4, 0.5) is 0 Å². The van der Waals surface area contributed by atoms with Gasteiger partial charge in [-0.1, -0.05) is 44.4 Å². The average Bonchev–Trinajstić information content (AvgIpc) is 2.11. The molecular weight excluding hydrogens is 156 g/mol. The molecule has 0 amide bonds. The van der Waals surface area contributed by atoms with Crippen molar-refractivity contribution in [2.24, 2.45) is 0 Å². The predicted molar refractivity (Wildman–Crippen MR) is 61.9 cm³/mol. The summed E-state index contributed by atoms with van der Waals surface area (Å²) in [7, 11) is 0. The van der Waals surface area contributed by atoms with E-state index in [-0.39, 0.29) is 0 Å². The van der Waals surface area contributed by atoms with E-state index >= 15 is 0 Å². The van der Waals surface area contributed by atoms with E-state index in [1.165, 1.54) is 56.9 Å². The lowest BCUT2D eigenvalue weighted by Gasteiger charge is -2.03. The monoisotopic (exact) mass is 180 g/mol. The van der Waals surface area contributed by atoms with Crippen molar-refractivity contribution >= 4 is 0 Å². The van der Waals surface area contributed by atoms with Gasteiger partial charge in [-0.25, -0.2) is 0 Å². The fraction of sp³-hybridized carbons (Fsp3) is 0.692. The van der Waals surface area contributed by atoms with E-state index in [1.807, 2.05) is 6.08 Å². The van der Waals surface area contributed by atoms with Crippen LogP contribution < -0.4 is 0 Å². The zero-order valence-corrected chi connectivity index (χ0v) is 9.15. The second kappa shape index (κ2) is 9.57. The molecule has 0 nitrogen and oxygen atoms in total. The second-order valence-corrected chi connectivity index (χ2v) is 3.74. The first-order valence-corrected chi connectivity index (χ1v) is 5.58. The highest BCUT2D eigenvalue weighted by atomic mass is 14.0. The van der Waals surface area contributed by atoms with E-state index in [2.05, 4.69) is 20.1 Å². The van der Waals surface area contributed by atoms with Crippen LogP contribution >= 0.6 is 0 Å². The average molecular weight is 180 g/mol. The Hall–Kier alpha value is -0.520. The number of hydrogen-bond acceptors (Lipinski definition) is 0. The molecule has 0 heteroatoms. The molecule has 0 N–H and O–H groups in total. The third-order valence-corrected chi connectivity index (χ3v) is 2.29. The van der Waals surface area contributed by atoms with Gasteiger partial charge in [0.05, 0.1) is 0 Å². The third-order valence-electron chi connectivity index (χ3n) is 2.29. The van der Waals surface area contributed by atoms with Crippen molar-refractivity contribution in [3.63, 3.8) is 0 Å². The molecule has 0 aromatic heterocycles. The van der Waals surface area contributed by atoms with Crippen LogP contribution in [0.5, 0.6) is 0 Å². The van der Waals surface area contributed by atoms with Crippen LogP contribution in [0.15, 0.2) is 24.8 Å². The van der Waals surface area contributed by atoms with Gasteiger partial charge in [0.2, 0.25) is 0 Å². The highest BCUT2D eigenvalue weighted by Gasteiger charge is 1.93.